The molecule has 1 aliphatic heterocycles. The minimum Gasteiger partial charge on any atom is -0.372 e. The first-order chi connectivity index (χ1) is 15.8. The van der Waals surface area contributed by atoms with Gasteiger partial charge in [-0.2, -0.15) is 0 Å². The van der Waals surface area contributed by atoms with Crippen LogP contribution in [0.25, 0.3) is 0 Å². The summed E-state index contributed by atoms with van der Waals surface area (Å²) in [6.07, 6.45) is 5.79. The van der Waals surface area contributed by atoms with Crippen molar-refractivity contribution in [3.05, 3.63) is 48.8 Å². The molecule has 0 spiro atoms. The molecule has 0 bridgehead atoms. The van der Waals surface area contributed by atoms with Gasteiger partial charge in [-0.25, -0.2) is 9.97 Å². The smallest absolute Gasteiger partial charge is 0.225 e. The fourth-order valence-electron chi connectivity index (χ4n) is 3.94. The van der Waals surface area contributed by atoms with Crippen LogP contribution in [0.5, 0.6) is 0 Å². The molecule has 182 valence electrons. The summed E-state index contributed by atoms with van der Waals surface area (Å²) in [6.45, 7) is 11.3. The van der Waals surface area contributed by atoms with Crippen molar-refractivity contribution in [2.45, 2.75) is 19.8 Å². The first kappa shape index (κ1) is 27.1. The number of para-hydroxylation sites is 1. The minimum absolute atomic E-state index is 0. The molecule has 0 amide bonds. The zero-order valence-corrected chi connectivity index (χ0v) is 22.3. The Kier molecular flexibility index (Phi) is 12.9. The lowest BCUT2D eigenvalue weighted by atomic mass is 10.2. The van der Waals surface area contributed by atoms with E-state index < -0.39 is 0 Å². The average molecular weight is 567 g/mol. The second kappa shape index (κ2) is 15.7. The predicted molar refractivity (Wildman–Crippen MR) is 149 cm³/mol. The van der Waals surface area contributed by atoms with E-state index >= 15 is 0 Å². The molecule has 1 aromatic heterocycles. The van der Waals surface area contributed by atoms with E-state index in [1.807, 2.05) is 25.5 Å². The second-order valence-electron chi connectivity index (χ2n) is 7.93. The highest BCUT2D eigenvalue weighted by atomic mass is 127. The van der Waals surface area contributed by atoms with Crippen LogP contribution in [0.2, 0.25) is 0 Å². The van der Waals surface area contributed by atoms with Gasteiger partial charge in [-0.15, -0.1) is 24.0 Å². The molecule has 0 saturated carbocycles. The van der Waals surface area contributed by atoms with E-state index in [-0.39, 0.29) is 24.0 Å². The van der Waals surface area contributed by atoms with Gasteiger partial charge in [0, 0.05) is 77.5 Å². The molecule has 1 saturated heterocycles. The van der Waals surface area contributed by atoms with Gasteiger partial charge in [0.2, 0.25) is 5.95 Å². The first-order valence-corrected chi connectivity index (χ1v) is 11.8. The Morgan fingerprint density at radius 2 is 1.64 bits per heavy atom. The Morgan fingerprint density at radius 1 is 0.970 bits per heavy atom. The Hall–Kier alpha value is -2.14. The van der Waals surface area contributed by atoms with Crippen LogP contribution in [0.1, 0.15) is 19.8 Å². The van der Waals surface area contributed by atoms with Crippen molar-refractivity contribution in [2.24, 2.45) is 4.99 Å². The highest BCUT2D eigenvalue weighted by Crippen LogP contribution is 2.12. The highest BCUT2D eigenvalue weighted by Gasteiger charge is 2.18. The van der Waals surface area contributed by atoms with Gasteiger partial charge in [0.1, 0.15) is 0 Å². The van der Waals surface area contributed by atoms with E-state index in [9.17, 15) is 0 Å². The molecule has 1 aromatic carbocycles. The van der Waals surface area contributed by atoms with Crippen molar-refractivity contribution >= 4 is 41.6 Å². The van der Waals surface area contributed by atoms with Gasteiger partial charge >= 0.3 is 0 Å². The number of anilines is 2. The molecule has 8 nitrogen and oxygen atoms in total. The quantitative estimate of drug-likeness (QED) is 0.188. The zero-order valence-electron chi connectivity index (χ0n) is 20.0. The molecule has 0 radical (unpaired) electrons. The maximum Gasteiger partial charge on any atom is 0.225 e. The van der Waals surface area contributed by atoms with E-state index in [4.69, 9.17) is 0 Å². The number of halogens is 1. The lowest BCUT2D eigenvalue weighted by molar-refractivity contribution is 0.254. The van der Waals surface area contributed by atoms with Crippen LogP contribution < -0.4 is 20.4 Å². The summed E-state index contributed by atoms with van der Waals surface area (Å²) < 4.78 is 0. The SMILES string of the molecule is CCN(CCCNC(=NC)NCCCN1CCN(c2ncccn2)CC1)c1ccccc1.I. The van der Waals surface area contributed by atoms with Gasteiger partial charge in [-0.3, -0.25) is 9.89 Å². The summed E-state index contributed by atoms with van der Waals surface area (Å²) in [4.78, 5) is 20.2. The van der Waals surface area contributed by atoms with E-state index in [0.717, 1.165) is 83.7 Å². The number of guanidine groups is 1. The maximum absolute atomic E-state index is 4.36. The lowest BCUT2D eigenvalue weighted by Gasteiger charge is -2.34. The lowest BCUT2D eigenvalue weighted by Crippen LogP contribution is -2.47. The first-order valence-electron chi connectivity index (χ1n) is 11.8. The molecule has 9 heteroatoms. The van der Waals surface area contributed by atoms with Crippen LogP contribution in [0, 0.1) is 0 Å². The molecule has 1 aliphatic rings. The van der Waals surface area contributed by atoms with Crippen molar-refractivity contribution in [3.63, 3.8) is 0 Å². The van der Waals surface area contributed by atoms with Crippen LogP contribution in [-0.2, 0) is 0 Å². The number of aromatic nitrogens is 2. The molecule has 3 rings (SSSR count). The molecule has 1 fully saturated rings. The monoisotopic (exact) mass is 566 g/mol. The van der Waals surface area contributed by atoms with Crippen LogP contribution >= 0.6 is 24.0 Å². The largest absolute Gasteiger partial charge is 0.372 e. The molecule has 2 heterocycles. The molecule has 2 N–H and O–H groups in total. The Balaban J connectivity index is 0.00000385. The molecular weight excluding hydrogens is 527 g/mol. The summed E-state index contributed by atoms with van der Waals surface area (Å²) in [6, 6.07) is 12.5. The van der Waals surface area contributed by atoms with Gasteiger partial charge in [0.15, 0.2) is 5.96 Å². The Bertz CT molecular complexity index is 782. The third-order valence-corrected chi connectivity index (χ3v) is 5.77. The summed E-state index contributed by atoms with van der Waals surface area (Å²) in [5.41, 5.74) is 1.29. The number of nitrogens with one attached hydrogen (secondary N) is 2. The summed E-state index contributed by atoms with van der Waals surface area (Å²) >= 11 is 0. The van der Waals surface area contributed by atoms with Crippen molar-refractivity contribution in [1.29, 1.82) is 0 Å². The number of nitrogens with zero attached hydrogens (tertiary/aromatic N) is 6. The number of aliphatic imine (C=N–C) groups is 1. The number of hydrogen-bond acceptors (Lipinski definition) is 6. The third-order valence-electron chi connectivity index (χ3n) is 5.77. The van der Waals surface area contributed by atoms with Crippen LogP contribution in [0.4, 0.5) is 11.6 Å². The zero-order chi connectivity index (χ0) is 22.4. The van der Waals surface area contributed by atoms with Crippen molar-refractivity contribution in [3.8, 4) is 0 Å². The molecule has 0 unspecified atom stereocenters. The van der Waals surface area contributed by atoms with Crippen molar-refractivity contribution in [1.82, 2.24) is 25.5 Å². The van der Waals surface area contributed by atoms with E-state index in [0.29, 0.717) is 0 Å². The normalized spacial score (nSPS) is 14.5. The van der Waals surface area contributed by atoms with Crippen molar-refractivity contribution < 1.29 is 0 Å². The number of benzene rings is 1. The molecular formula is C24H39IN8. The molecule has 0 atom stereocenters. The van der Waals surface area contributed by atoms with Gasteiger partial charge in [0.05, 0.1) is 0 Å². The second-order valence-corrected chi connectivity index (χ2v) is 7.93. The predicted octanol–water partition coefficient (Wildman–Crippen LogP) is 2.69. The number of hydrogen-bond donors (Lipinski definition) is 2. The number of rotatable bonds is 11. The molecule has 0 aliphatic carbocycles. The Labute approximate surface area is 215 Å². The van der Waals surface area contributed by atoms with Gasteiger partial charge in [0.25, 0.3) is 0 Å². The topological polar surface area (TPSA) is 71.9 Å². The fourth-order valence-corrected chi connectivity index (χ4v) is 3.94. The fraction of sp³-hybridized carbons (Fsp3) is 0.542. The third kappa shape index (κ3) is 9.32. The van der Waals surface area contributed by atoms with Gasteiger partial charge in [-0.05, 0) is 44.5 Å². The van der Waals surface area contributed by atoms with E-state index in [1.54, 1.807) is 0 Å². The Morgan fingerprint density at radius 3 is 2.27 bits per heavy atom. The van der Waals surface area contributed by atoms with Crippen molar-refractivity contribution in [2.75, 3.05) is 75.8 Å². The number of piperazine rings is 1. The van der Waals surface area contributed by atoms with Crippen LogP contribution in [-0.4, -0.2) is 86.8 Å². The maximum atomic E-state index is 4.36. The standard InChI is InChI=1S/C24H38N8.HI/c1-3-31(22-10-5-4-6-11-22)17-9-15-27-23(25-2)26-14-8-16-30-18-20-32(21-19-30)24-28-12-7-13-29-24;/h4-7,10-13H,3,8-9,14-21H2,1-2H3,(H2,25,26,27);1H. The van der Waals surface area contributed by atoms with Gasteiger partial charge in [-0.1, -0.05) is 18.2 Å². The summed E-state index contributed by atoms with van der Waals surface area (Å²) in [7, 11) is 1.84. The van der Waals surface area contributed by atoms with Crippen LogP contribution in [0.15, 0.2) is 53.8 Å². The van der Waals surface area contributed by atoms with E-state index in [1.165, 1.54) is 5.69 Å². The molecule has 33 heavy (non-hydrogen) atoms. The highest BCUT2D eigenvalue weighted by molar-refractivity contribution is 14.0. The summed E-state index contributed by atoms with van der Waals surface area (Å²) in [5, 5.41) is 6.89. The van der Waals surface area contributed by atoms with Gasteiger partial charge < -0.3 is 20.4 Å². The van der Waals surface area contributed by atoms with Crippen LogP contribution in [0.3, 0.4) is 0 Å². The summed E-state index contributed by atoms with van der Waals surface area (Å²) in [5.74, 6) is 1.73. The van der Waals surface area contributed by atoms with E-state index in [2.05, 4.69) is 77.5 Å². The minimum atomic E-state index is 0. The average Bonchev–Trinajstić information content (AvgIpc) is 2.86. The molecule has 2 aromatic rings.